The molecule has 31 heavy (non-hydrogen) atoms. The van der Waals surface area contributed by atoms with Crippen molar-refractivity contribution >= 4 is 38.8 Å². The van der Waals surface area contributed by atoms with Gasteiger partial charge < -0.3 is 15.2 Å². The zero-order chi connectivity index (χ0) is 21.8. The number of rotatable bonds is 7. The molecule has 1 unspecified atom stereocenters. The van der Waals surface area contributed by atoms with E-state index in [1.165, 1.54) is 0 Å². The summed E-state index contributed by atoms with van der Waals surface area (Å²) in [7, 11) is 0. The smallest absolute Gasteiger partial charge is 0.168 e. The Morgan fingerprint density at radius 3 is 2.61 bits per heavy atom. The Kier molecular flexibility index (Phi) is 7.22. The van der Waals surface area contributed by atoms with Crippen molar-refractivity contribution in [1.82, 2.24) is 14.8 Å². The van der Waals surface area contributed by atoms with Gasteiger partial charge in [0.25, 0.3) is 0 Å². The molecular weight excluding hydrogens is 460 g/mol. The number of nitrogens with zero attached hydrogens (tertiary/aromatic N) is 3. The Labute approximate surface area is 190 Å². The molecule has 4 rings (SSSR count). The Balaban J connectivity index is 1.34. The van der Waals surface area contributed by atoms with Gasteiger partial charge in [-0.15, -0.1) is 0 Å². The number of hydrogen-bond donors (Lipinski definition) is 3. The largest absolute Gasteiger partial charge is 0.511 e. The number of H-pyrrole nitrogens is 1. The summed E-state index contributed by atoms with van der Waals surface area (Å²) in [5, 5.41) is 20.7. The van der Waals surface area contributed by atoms with Crippen molar-refractivity contribution in [3.05, 3.63) is 45.8 Å². The fraction of sp³-hybridized carbons (Fsp3) is 0.478. The number of Topliss-reactive ketones (excluding diaryl/α,β-unsaturated/α-hetero) is 1. The normalized spacial score (nSPS) is 21.6. The predicted octanol–water partition coefficient (Wildman–Crippen LogP) is 2.87. The first-order valence-electron chi connectivity index (χ1n) is 10.8. The molecule has 1 aromatic heterocycles. The van der Waals surface area contributed by atoms with Crippen LogP contribution < -0.4 is 0 Å². The van der Waals surface area contributed by atoms with Crippen LogP contribution in [0.3, 0.4) is 0 Å². The summed E-state index contributed by atoms with van der Waals surface area (Å²) in [5.41, 5.74) is 2.41. The first-order chi connectivity index (χ1) is 15.0. The summed E-state index contributed by atoms with van der Waals surface area (Å²) < 4.78 is 0.960. The van der Waals surface area contributed by atoms with E-state index in [2.05, 4.69) is 41.8 Å². The van der Waals surface area contributed by atoms with Gasteiger partial charge >= 0.3 is 0 Å². The maximum atomic E-state index is 12.7. The van der Waals surface area contributed by atoms with E-state index in [-0.39, 0.29) is 24.1 Å². The Morgan fingerprint density at radius 1 is 1.16 bits per heavy atom. The number of piperazine rings is 1. The summed E-state index contributed by atoms with van der Waals surface area (Å²) in [6.07, 6.45) is 4.25. The maximum Gasteiger partial charge on any atom is 0.168 e. The molecule has 2 aromatic rings. The van der Waals surface area contributed by atoms with Crippen LogP contribution >= 0.6 is 15.9 Å². The zero-order valence-corrected chi connectivity index (χ0v) is 19.1. The number of aromatic amines is 1. The van der Waals surface area contributed by atoms with Crippen LogP contribution in [0.1, 0.15) is 24.3 Å². The lowest BCUT2D eigenvalue weighted by molar-refractivity contribution is -0.116. The minimum Gasteiger partial charge on any atom is -0.511 e. The van der Waals surface area contributed by atoms with Gasteiger partial charge in [0.05, 0.1) is 18.7 Å². The Bertz CT molecular complexity index is 992. The van der Waals surface area contributed by atoms with Gasteiger partial charge in [-0.25, -0.2) is 0 Å². The molecule has 1 atom stereocenters. The summed E-state index contributed by atoms with van der Waals surface area (Å²) >= 11 is 3.62. The van der Waals surface area contributed by atoms with Gasteiger partial charge in [0.2, 0.25) is 0 Å². The molecule has 0 spiro atoms. The van der Waals surface area contributed by atoms with Crippen LogP contribution in [0.4, 0.5) is 0 Å². The molecule has 2 heterocycles. The van der Waals surface area contributed by atoms with Crippen molar-refractivity contribution in [3.63, 3.8) is 0 Å². The molecule has 1 aliphatic carbocycles. The first kappa shape index (κ1) is 22.2. The SMILES string of the molecule is O=C1CC(c2cc3[nH]ccc3cc2Br)CC(O)=C1C=NCCN1CCN(CCO)CC1. The number of β-amino-alcohol motifs (C(OH)–C–C–N with tert-alkyl or cyclic N) is 1. The number of hydrogen-bond acceptors (Lipinski definition) is 6. The number of aliphatic hydroxyl groups excluding tert-OH is 2. The Hall–Kier alpha value is -2.00. The molecule has 1 aliphatic heterocycles. The number of ketones is 1. The van der Waals surface area contributed by atoms with Gasteiger partial charge in [-0.1, -0.05) is 15.9 Å². The molecule has 1 saturated heterocycles. The second-order valence-electron chi connectivity index (χ2n) is 8.27. The van der Waals surface area contributed by atoms with Gasteiger partial charge in [0, 0.05) is 79.9 Å². The van der Waals surface area contributed by atoms with Gasteiger partial charge in [0.15, 0.2) is 5.78 Å². The monoisotopic (exact) mass is 488 g/mol. The van der Waals surface area contributed by atoms with Gasteiger partial charge in [0.1, 0.15) is 5.76 Å². The zero-order valence-electron chi connectivity index (χ0n) is 17.6. The van der Waals surface area contributed by atoms with E-state index in [9.17, 15) is 9.90 Å². The lowest BCUT2D eigenvalue weighted by atomic mass is 9.82. The molecule has 7 nitrogen and oxygen atoms in total. The molecule has 8 heteroatoms. The lowest BCUT2D eigenvalue weighted by Crippen LogP contribution is -2.47. The first-order valence-corrected chi connectivity index (χ1v) is 11.6. The Morgan fingerprint density at radius 2 is 1.90 bits per heavy atom. The number of benzene rings is 1. The lowest BCUT2D eigenvalue weighted by Gasteiger charge is -2.33. The predicted molar refractivity (Wildman–Crippen MR) is 126 cm³/mol. The van der Waals surface area contributed by atoms with E-state index in [0.29, 0.717) is 25.0 Å². The molecule has 0 radical (unpaired) electrons. The number of fused-ring (bicyclic) bond motifs is 1. The highest BCUT2D eigenvalue weighted by Crippen LogP contribution is 2.38. The topological polar surface area (TPSA) is 92.2 Å². The van der Waals surface area contributed by atoms with Crippen LogP contribution in [0.2, 0.25) is 0 Å². The molecule has 2 aliphatic rings. The number of aliphatic imine (C=N–C) groups is 1. The number of carbonyl (C=O) groups excluding carboxylic acids is 1. The standard InChI is InChI=1S/C23H29BrN4O3/c24-20-11-16-1-2-26-21(16)14-18(20)17-12-22(30)19(23(31)13-17)15-25-3-4-27-5-7-28(8-6-27)9-10-29/h1-2,11,14-15,17,26,29-30H,3-10,12-13H2. The highest BCUT2D eigenvalue weighted by molar-refractivity contribution is 9.10. The fourth-order valence-electron chi connectivity index (χ4n) is 4.41. The molecule has 1 aromatic carbocycles. The summed E-state index contributed by atoms with van der Waals surface area (Å²) in [6.45, 7) is 6.21. The van der Waals surface area contributed by atoms with Crippen molar-refractivity contribution < 1.29 is 15.0 Å². The molecule has 3 N–H and O–H groups in total. The third-order valence-electron chi connectivity index (χ3n) is 6.24. The van der Waals surface area contributed by atoms with Gasteiger partial charge in [-0.05, 0) is 29.7 Å². The van der Waals surface area contributed by atoms with Crippen molar-refractivity contribution in [2.45, 2.75) is 18.8 Å². The van der Waals surface area contributed by atoms with Crippen LogP contribution in [-0.4, -0.2) is 89.4 Å². The number of carbonyl (C=O) groups is 1. The molecule has 1 fully saturated rings. The van der Waals surface area contributed by atoms with Crippen LogP contribution in [0.5, 0.6) is 0 Å². The quantitative estimate of drug-likeness (QED) is 0.521. The van der Waals surface area contributed by atoms with E-state index in [1.807, 2.05) is 18.3 Å². The van der Waals surface area contributed by atoms with E-state index in [4.69, 9.17) is 5.11 Å². The molecular formula is C23H29BrN4O3. The van der Waals surface area contributed by atoms with Crippen molar-refractivity contribution in [2.75, 3.05) is 52.4 Å². The minimum atomic E-state index is -0.0615. The highest BCUT2D eigenvalue weighted by Gasteiger charge is 2.29. The van der Waals surface area contributed by atoms with Crippen molar-refractivity contribution in [2.24, 2.45) is 4.99 Å². The summed E-state index contributed by atoms with van der Waals surface area (Å²) in [5.74, 6) is 0.0108. The second-order valence-corrected chi connectivity index (χ2v) is 9.12. The molecule has 0 bridgehead atoms. The number of aromatic nitrogens is 1. The number of nitrogens with one attached hydrogen (secondary N) is 1. The van der Waals surface area contributed by atoms with Crippen molar-refractivity contribution in [3.8, 4) is 0 Å². The van der Waals surface area contributed by atoms with Gasteiger partial charge in [-0.2, -0.15) is 0 Å². The van der Waals surface area contributed by atoms with E-state index in [0.717, 1.165) is 60.2 Å². The van der Waals surface area contributed by atoms with Crippen LogP contribution in [0.25, 0.3) is 10.9 Å². The third-order valence-corrected chi connectivity index (χ3v) is 6.93. The molecule has 0 amide bonds. The van der Waals surface area contributed by atoms with Crippen molar-refractivity contribution in [1.29, 1.82) is 0 Å². The fourth-order valence-corrected chi connectivity index (χ4v) is 5.10. The van der Waals surface area contributed by atoms with E-state index in [1.54, 1.807) is 6.21 Å². The minimum absolute atomic E-state index is 0.0538. The molecule has 0 saturated carbocycles. The summed E-state index contributed by atoms with van der Waals surface area (Å²) in [4.78, 5) is 25.0. The second kappa shape index (κ2) is 10.1. The van der Waals surface area contributed by atoms with Crippen LogP contribution in [-0.2, 0) is 4.79 Å². The maximum absolute atomic E-state index is 12.7. The highest BCUT2D eigenvalue weighted by atomic mass is 79.9. The van der Waals surface area contributed by atoms with E-state index >= 15 is 0 Å². The van der Waals surface area contributed by atoms with Gasteiger partial charge in [-0.3, -0.25) is 19.6 Å². The number of halogens is 1. The average Bonchev–Trinajstić information content (AvgIpc) is 3.20. The number of allylic oxidation sites excluding steroid dienone is 2. The number of aliphatic hydroxyl groups is 2. The average molecular weight is 489 g/mol. The third kappa shape index (κ3) is 5.26. The van der Waals surface area contributed by atoms with Crippen LogP contribution in [0, 0.1) is 0 Å². The molecule has 166 valence electrons. The summed E-state index contributed by atoms with van der Waals surface area (Å²) in [6, 6.07) is 6.12. The van der Waals surface area contributed by atoms with E-state index < -0.39 is 0 Å². The van der Waals surface area contributed by atoms with Crippen LogP contribution in [0.15, 0.2) is 45.2 Å².